The summed E-state index contributed by atoms with van der Waals surface area (Å²) in [5.41, 5.74) is -0.285. The van der Waals surface area contributed by atoms with Crippen molar-refractivity contribution in [3.05, 3.63) is 34.9 Å². The number of rotatable bonds is 4. The minimum absolute atomic E-state index is 0.0915. The lowest BCUT2D eigenvalue weighted by atomic mass is 9.68. The lowest BCUT2D eigenvalue weighted by molar-refractivity contribution is -0.209. The van der Waals surface area contributed by atoms with Gasteiger partial charge in [-0.3, -0.25) is 10.1 Å². The van der Waals surface area contributed by atoms with E-state index >= 15 is 0 Å². The van der Waals surface area contributed by atoms with E-state index in [0.717, 1.165) is 17.7 Å². The number of fused-ring (bicyclic) bond motifs is 1. The number of nitrogens with zero attached hydrogens (tertiary/aromatic N) is 1. The summed E-state index contributed by atoms with van der Waals surface area (Å²) in [4.78, 5) is 15.5. The van der Waals surface area contributed by atoms with Gasteiger partial charge in [-0.25, -0.2) is 0 Å². The Kier molecular flexibility index (Phi) is 7.65. The molecule has 0 saturated carbocycles. The van der Waals surface area contributed by atoms with Crippen LogP contribution in [0, 0.1) is 17.3 Å². The highest BCUT2D eigenvalue weighted by Gasteiger charge is 2.50. The van der Waals surface area contributed by atoms with Crippen LogP contribution in [-0.4, -0.2) is 55.5 Å². The lowest BCUT2D eigenvalue weighted by Gasteiger charge is -2.48. The number of benzene rings is 1. The Hall–Kier alpha value is -1.85. The Labute approximate surface area is 206 Å². The van der Waals surface area contributed by atoms with Crippen molar-refractivity contribution in [2.75, 3.05) is 26.3 Å². The van der Waals surface area contributed by atoms with Gasteiger partial charge in [-0.1, -0.05) is 19.9 Å². The highest BCUT2D eigenvalue weighted by atomic mass is 19.4. The first-order valence-corrected chi connectivity index (χ1v) is 12.4. The predicted molar refractivity (Wildman–Crippen MR) is 121 cm³/mol. The molecule has 202 valence electrons. The highest BCUT2D eigenvalue weighted by Crippen LogP contribution is 2.42. The molecule has 1 aromatic carbocycles. The molecule has 3 heterocycles. The van der Waals surface area contributed by atoms with Crippen molar-refractivity contribution in [2.45, 2.75) is 70.6 Å². The molecule has 0 aromatic heterocycles. The maximum Gasteiger partial charge on any atom is 0.416 e. The van der Waals surface area contributed by atoms with Gasteiger partial charge in [0.25, 0.3) is 0 Å². The molecular weight excluding hydrogens is 488 g/mol. The third-order valence-corrected chi connectivity index (χ3v) is 8.09. The van der Waals surface area contributed by atoms with E-state index < -0.39 is 48.1 Å². The number of alkyl halides is 6. The molecule has 36 heavy (non-hydrogen) atoms. The van der Waals surface area contributed by atoms with Gasteiger partial charge in [0.15, 0.2) is 0 Å². The molecule has 1 amide bonds. The SMILES string of the molecule is CC(C)[C@]1(C(=O)N2CCc3ccc(C(F)(F)F)cc3C2)CCN[C@@H](NC2CCOCC2C(F)(F)F)C1. The molecule has 11 heteroatoms. The Morgan fingerprint density at radius 3 is 2.61 bits per heavy atom. The van der Waals surface area contributed by atoms with E-state index in [1.54, 1.807) is 4.90 Å². The average Bonchev–Trinajstić information content (AvgIpc) is 2.82. The van der Waals surface area contributed by atoms with Crippen molar-refractivity contribution < 1.29 is 35.9 Å². The molecule has 2 unspecified atom stereocenters. The molecule has 1 aromatic rings. The lowest BCUT2D eigenvalue weighted by Crippen LogP contribution is -2.62. The maximum absolute atomic E-state index is 13.9. The van der Waals surface area contributed by atoms with E-state index in [1.807, 2.05) is 13.8 Å². The molecule has 5 nitrogen and oxygen atoms in total. The number of nitrogens with one attached hydrogen (secondary N) is 2. The molecule has 2 N–H and O–H groups in total. The monoisotopic (exact) mass is 521 g/mol. The van der Waals surface area contributed by atoms with E-state index in [4.69, 9.17) is 4.74 Å². The Morgan fingerprint density at radius 1 is 1.19 bits per heavy atom. The fraction of sp³-hybridized carbons (Fsp3) is 0.720. The van der Waals surface area contributed by atoms with Gasteiger partial charge in [0.1, 0.15) is 0 Å². The molecule has 0 radical (unpaired) electrons. The van der Waals surface area contributed by atoms with Gasteiger partial charge in [0, 0.05) is 25.7 Å². The summed E-state index contributed by atoms with van der Waals surface area (Å²) in [6, 6.07) is 2.84. The topological polar surface area (TPSA) is 53.6 Å². The van der Waals surface area contributed by atoms with Crippen molar-refractivity contribution in [2.24, 2.45) is 17.3 Å². The first-order chi connectivity index (χ1) is 16.8. The van der Waals surface area contributed by atoms with Crippen LogP contribution in [0.15, 0.2) is 18.2 Å². The van der Waals surface area contributed by atoms with E-state index in [9.17, 15) is 31.1 Å². The normalized spacial score (nSPS) is 29.8. The molecule has 4 rings (SSSR count). The summed E-state index contributed by atoms with van der Waals surface area (Å²) in [6.45, 7) is 4.62. The van der Waals surface area contributed by atoms with Crippen LogP contribution in [0.1, 0.15) is 49.8 Å². The van der Waals surface area contributed by atoms with Crippen LogP contribution in [-0.2, 0) is 28.7 Å². The van der Waals surface area contributed by atoms with E-state index in [-0.39, 0.29) is 31.4 Å². The second-order valence-corrected chi connectivity index (χ2v) is 10.5. The third kappa shape index (κ3) is 5.52. The molecule has 2 fully saturated rings. The zero-order valence-corrected chi connectivity index (χ0v) is 20.4. The van der Waals surface area contributed by atoms with Crippen LogP contribution in [0.2, 0.25) is 0 Å². The minimum atomic E-state index is -4.47. The van der Waals surface area contributed by atoms with Crippen molar-refractivity contribution >= 4 is 5.91 Å². The van der Waals surface area contributed by atoms with Crippen molar-refractivity contribution in [1.82, 2.24) is 15.5 Å². The molecule has 0 aliphatic carbocycles. The smallest absolute Gasteiger partial charge is 0.381 e. The van der Waals surface area contributed by atoms with Gasteiger partial charge < -0.3 is 15.0 Å². The number of halogens is 6. The second-order valence-electron chi connectivity index (χ2n) is 10.5. The number of amides is 1. The Morgan fingerprint density at radius 2 is 1.94 bits per heavy atom. The summed E-state index contributed by atoms with van der Waals surface area (Å²) in [5, 5.41) is 6.35. The predicted octanol–water partition coefficient (Wildman–Crippen LogP) is 4.50. The molecule has 2 saturated heterocycles. The van der Waals surface area contributed by atoms with Gasteiger partial charge in [-0.05, 0) is 61.4 Å². The average molecular weight is 522 g/mol. The summed E-state index contributed by atoms with van der Waals surface area (Å²) in [7, 11) is 0. The Bertz CT molecular complexity index is 951. The highest BCUT2D eigenvalue weighted by molar-refractivity contribution is 5.83. The summed E-state index contributed by atoms with van der Waals surface area (Å²) in [5.74, 6) is -1.87. The number of ether oxygens (including phenoxy) is 1. The summed E-state index contributed by atoms with van der Waals surface area (Å²) >= 11 is 0. The van der Waals surface area contributed by atoms with Crippen LogP contribution in [0.4, 0.5) is 26.3 Å². The van der Waals surface area contributed by atoms with Gasteiger partial charge in [0.05, 0.1) is 29.7 Å². The molecule has 3 aliphatic heterocycles. The van der Waals surface area contributed by atoms with Gasteiger partial charge in [0.2, 0.25) is 5.91 Å². The first-order valence-electron chi connectivity index (χ1n) is 12.4. The zero-order valence-electron chi connectivity index (χ0n) is 20.4. The summed E-state index contributed by atoms with van der Waals surface area (Å²) < 4.78 is 85.4. The molecule has 0 spiro atoms. The van der Waals surface area contributed by atoms with Crippen LogP contribution >= 0.6 is 0 Å². The quantitative estimate of drug-likeness (QED) is 0.573. The zero-order chi connectivity index (χ0) is 26.3. The second kappa shape index (κ2) is 10.1. The number of piperidine rings is 1. The van der Waals surface area contributed by atoms with Crippen molar-refractivity contribution in [3.63, 3.8) is 0 Å². The van der Waals surface area contributed by atoms with Crippen LogP contribution in [0.5, 0.6) is 0 Å². The first kappa shape index (κ1) is 27.2. The third-order valence-electron chi connectivity index (χ3n) is 8.09. The Balaban J connectivity index is 1.51. The standard InChI is InChI=1S/C25H33F6N3O2/c1-15(2)23(7-8-32-21(12-23)33-20-6-10-36-14-19(20)25(29,30)31)22(35)34-9-5-16-3-4-18(24(26,27)28)11-17(16)13-34/h3-4,11,15,19-21,32-33H,5-10,12-14H2,1-2H3/t19?,20?,21-,23-/m0/s1. The molecule has 3 aliphatic rings. The number of carbonyl (C=O) groups is 1. The van der Waals surface area contributed by atoms with Crippen molar-refractivity contribution in [3.8, 4) is 0 Å². The maximum atomic E-state index is 13.9. The molecule has 4 atom stereocenters. The number of carbonyl (C=O) groups excluding carboxylic acids is 1. The molecule has 0 bridgehead atoms. The van der Waals surface area contributed by atoms with E-state index in [1.165, 1.54) is 6.07 Å². The fourth-order valence-corrected chi connectivity index (χ4v) is 5.83. The van der Waals surface area contributed by atoms with Gasteiger partial charge in [-0.2, -0.15) is 26.3 Å². The summed E-state index contributed by atoms with van der Waals surface area (Å²) in [6.07, 6.45) is -7.87. The van der Waals surface area contributed by atoms with Gasteiger partial charge in [-0.15, -0.1) is 0 Å². The molecular formula is C25H33F6N3O2. The minimum Gasteiger partial charge on any atom is -0.381 e. The van der Waals surface area contributed by atoms with Crippen LogP contribution in [0.3, 0.4) is 0 Å². The van der Waals surface area contributed by atoms with Crippen molar-refractivity contribution in [1.29, 1.82) is 0 Å². The van der Waals surface area contributed by atoms with E-state index in [2.05, 4.69) is 10.6 Å². The number of hydrogen-bond donors (Lipinski definition) is 2. The van der Waals surface area contributed by atoms with E-state index in [0.29, 0.717) is 37.9 Å². The largest absolute Gasteiger partial charge is 0.416 e. The fourth-order valence-electron chi connectivity index (χ4n) is 5.83. The number of hydrogen-bond acceptors (Lipinski definition) is 4. The van der Waals surface area contributed by atoms with Crippen LogP contribution in [0.25, 0.3) is 0 Å². The van der Waals surface area contributed by atoms with Gasteiger partial charge >= 0.3 is 12.4 Å². The van der Waals surface area contributed by atoms with Crippen LogP contribution < -0.4 is 10.6 Å².